The van der Waals surface area contributed by atoms with E-state index in [1.54, 1.807) is 36.4 Å². The second kappa shape index (κ2) is 9.55. The molecule has 5 heteroatoms. The van der Waals surface area contributed by atoms with Crippen molar-refractivity contribution in [3.05, 3.63) is 82.9 Å². The van der Waals surface area contributed by atoms with E-state index in [1.165, 1.54) is 6.92 Å². The summed E-state index contributed by atoms with van der Waals surface area (Å²) < 4.78 is 0. The average Bonchev–Trinajstić information content (AvgIpc) is 2.68. The van der Waals surface area contributed by atoms with Crippen molar-refractivity contribution in [2.75, 3.05) is 0 Å². The third-order valence-corrected chi connectivity index (χ3v) is 4.14. The van der Waals surface area contributed by atoms with Crippen molar-refractivity contribution in [1.29, 1.82) is 0 Å². The summed E-state index contributed by atoms with van der Waals surface area (Å²) in [6.07, 6.45) is 0.990. The van der Waals surface area contributed by atoms with Crippen LogP contribution in [0.4, 0.5) is 0 Å². The summed E-state index contributed by atoms with van der Waals surface area (Å²) in [7, 11) is 0. The Kier molecular flexibility index (Phi) is 7.15. The highest BCUT2D eigenvalue weighted by Gasteiger charge is 2.04. The molecule has 28 heavy (non-hydrogen) atoms. The van der Waals surface area contributed by atoms with Crippen molar-refractivity contribution in [1.82, 2.24) is 9.97 Å². The Labute approximate surface area is 165 Å². The fourth-order valence-electron chi connectivity index (χ4n) is 2.68. The van der Waals surface area contributed by atoms with E-state index < -0.39 is 5.97 Å². The van der Waals surface area contributed by atoms with Crippen LogP contribution in [0.5, 0.6) is 0 Å². The Morgan fingerprint density at radius 2 is 1.36 bits per heavy atom. The van der Waals surface area contributed by atoms with Gasteiger partial charge in [-0.05, 0) is 56.5 Å². The maximum Gasteiger partial charge on any atom is 0.335 e. The number of rotatable bonds is 4. The number of aromatic carboxylic acids is 1. The van der Waals surface area contributed by atoms with E-state index >= 15 is 0 Å². The summed E-state index contributed by atoms with van der Waals surface area (Å²) >= 11 is 0. The molecule has 0 unspecified atom stereocenters. The molecule has 1 heterocycles. The van der Waals surface area contributed by atoms with E-state index in [1.807, 2.05) is 32.0 Å². The van der Waals surface area contributed by atoms with Crippen LogP contribution in [0, 0.1) is 13.8 Å². The van der Waals surface area contributed by atoms with E-state index in [-0.39, 0.29) is 11.3 Å². The molecule has 144 valence electrons. The van der Waals surface area contributed by atoms with Crippen LogP contribution < -0.4 is 0 Å². The first-order valence-electron chi connectivity index (χ1n) is 9.06. The minimum Gasteiger partial charge on any atom is -0.478 e. The number of hydrogen-bond acceptors (Lipinski definition) is 4. The Balaban J connectivity index is 0.000000237. The number of benzene rings is 2. The maximum atomic E-state index is 11.1. The molecule has 2 aromatic carbocycles. The second-order valence-electron chi connectivity index (χ2n) is 6.42. The molecule has 1 aromatic heterocycles. The minimum atomic E-state index is -0.937. The molecule has 0 bridgehead atoms. The van der Waals surface area contributed by atoms with Crippen LogP contribution >= 0.6 is 0 Å². The largest absolute Gasteiger partial charge is 0.478 e. The van der Waals surface area contributed by atoms with Gasteiger partial charge in [0.25, 0.3) is 0 Å². The van der Waals surface area contributed by atoms with Crippen molar-refractivity contribution < 1.29 is 14.7 Å². The maximum absolute atomic E-state index is 11.1. The van der Waals surface area contributed by atoms with Gasteiger partial charge in [0.1, 0.15) is 5.82 Å². The van der Waals surface area contributed by atoms with Gasteiger partial charge in [-0.2, -0.15) is 0 Å². The van der Waals surface area contributed by atoms with Crippen LogP contribution in [0.3, 0.4) is 0 Å². The zero-order valence-electron chi connectivity index (χ0n) is 16.6. The lowest BCUT2D eigenvalue weighted by molar-refractivity contribution is 0.0696. The molecule has 3 rings (SSSR count). The molecule has 0 radical (unpaired) electrons. The number of nitrogens with zero attached hydrogens (tertiary/aromatic N) is 2. The normalized spacial score (nSPS) is 10.0. The molecule has 0 aliphatic heterocycles. The Morgan fingerprint density at radius 3 is 1.75 bits per heavy atom. The van der Waals surface area contributed by atoms with Gasteiger partial charge in [0.2, 0.25) is 0 Å². The first-order chi connectivity index (χ1) is 13.3. The summed E-state index contributed by atoms with van der Waals surface area (Å²) in [4.78, 5) is 30.3. The molecule has 0 spiro atoms. The number of hydrogen-bond donors (Lipinski definition) is 1. The number of carboxylic acids is 1. The number of carbonyl (C=O) groups is 2. The van der Waals surface area contributed by atoms with Crippen molar-refractivity contribution in [3.8, 4) is 11.1 Å². The quantitative estimate of drug-likeness (QED) is 0.654. The molecule has 5 nitrogen and oxygen atoms in total. The van der Waals surface area contributed by atoms with E-state index in [0.717, 1.165) is 34.8 Å². The van der Waals surface area contributed by atoms with Crippen LogP contribution in [0.2, 0.25) is 0 Å². The predicted molar refractivity (Wildman–Crippen MR) is 110 cm³/mol. The third kappa shape index (κ3) is 5.84. The predicted octanol–water partition coefficient (Wildman–Crippen LogP) is 4.91. The summed E-state index contributed by atoms with van der Waals surface area (Å²) in [5.41, 5.74) is 5.00. The van der Waals surface area contributed by atoms with Gasteiger partial charge in [0.15, 0.2) is 5.78 Å². The molecule has 0 aliphatic rings. The van der Waals surface area contributed by atoms with E-state index in [4.69, 9.17) is 5.11 Å². The molecule has 0 fully saturated rings. The van der Waals surface area contributed by atoms with Crippen LogP contribution in [-0.4, -0.2) is 26.8 Å². The summed E-state index contributed by atoms with van der Waals surface area (Å²) in [5, 5.41) is 8.81. The Hall–Kier alpha value is -3.34. The Morgan fingerprint density at radius 1 is 0.857 bits per heavy atom. The lowest BCUT2D eigenvalue weighted by Crippen LogP contribution is -1.95. The monoisotopic (exact) mass is 376 g/mol. The highest BCUT2D eigenvalue weighted by atomic mass is 16.4. The zero-order valence-corrected chi connectivity index (χ0v) is 16.6. The number of aryl methyl sites for hydroxylation is 3. The number of aromatic nitrogens is 2. The molecular formula is C23H24N2O3. The SMILES string of the molecule is CC(=O)c1ccc(-c2ccc(C(=O)O)cc2)cc1.CCc1cc(C)nc(C)n1. The van der Waals surface area contributed by atoms with Crippen molar-refractivity contribution in [2.24, 2.45) is 0 Å². The van der Waals surface area contributed by atoms with Crippen LogP contribution in [0.1, 0.15) is 51.8 Å². The Bertz CT molecular complexity index is 886. The number of carboxylic acid groups (broad SMARTS) is 1. The summed E-state index contributed by atoms with van der Waals surface area (Å²) in [6.45, 7) is 7.54. The third-order valence-electron chi connectivity index (χ3n) is 4.14. The average molecular weight is 376 g/mol. The molecule has 3 aromatic rings. The fourth-order valence-corrected chi connectivity index (χ4v) is 2.68. The zero-order chi connectivity index (χ0) is 20.7. The van der Waals surface area contributed by atoms with Crippen LogP contribution in [0.15, 0.2) is 54.6 Å². The highest BCUT2D eigenvalue weighted by molar-refractivity contribution is 5.94. The van der Waals surface area contributed by atoms with E-state index in [0.29, 0.717) is 5.56 Å². The molecule has 0 aliphatic carbocycles. The van der Waals surface area contributed by atoms with Gasteiger partial charge in [-0.25, -0.2) is 14.8 Å². The topological polar surface area (TPSA) is 80.2 Å². The molecule has 0 saturated heterocycles. The standard InChI is InChI=1S/C15H12O3.C8H12N2/c1-10(16)11-2-4-12(5-3-11)13-6-8-14(9-7-13)15(17)18;1-4-8-5-6(2)9-7(3)10-8/h2-9H,1H3,(H,17,18);5H,4H2,1-3H3. The molecule has 0 atom stereocenters. The molecule has 0 saturated carbocycles. The lowest BCUT2D eigenvalue weighted by Gasteiger charge is -2.03. The summed E-state index contributed by atoms with van der Waals surface area (Å²) in [5.74, 6) is -0.0342. The smallest absolute Gasteiger partial charge is 0.335 e. The van der Waals surface area contributed by atoms with E-state index in [9.17, 15) is 9.59 Å². The van der Waals surface area contributed by atoms with Crippen molar-refractivity contribution in [2.45, 2.75) is 34.1 Å². The number of Topliss-reactive ketones (excluding diaryl/α,β-unsaturated/α-hetero) is 1. The highest BCUT2D eigenvalue weighted by Crippen LogP contribution is 2.20. The van der Waals surface area contributed by atoms with Crippen LogP contribution in [-0.2, 0) is 6.42 Å². The van der Waals surface area contributed by atoms with Gasteiger partial charge in [-0.15, -0.1) is 0 Å². The van der Waals surface area contributed by atoms with Crippen molar-refractivity contribution in [3.63, 3.8) is 0 Å². The number of ketones is 1. The van der Waals surface area contributed by atoms with E-state index in [2.05, 4.69) is 16.9 Å². The summed E-state index contributed by atoms with van der Waals surface area (Å²) in [6, 6.07) is 15.9. The van der Waals surface area contributed by atoms with Gasteiger partial charge in [0, 0.05) is 17.0 Å². The first-order valence-corrected chi connectivity index (χ1v) is 9.06. The van der Waals surface area contributed by atoms with Gasteiger partial charge >= 0.3 is 5.97 Å². The van der Waals surface area contributed by atoms with Crippen molar-refractivity contribution >= 4 is 11.8 Å². The fraction of sp³-hybridized carbons (Fsp3) is 0.217. The first kappa shape index (κ1) is 21.0. The lowest BCUT2D eigenvalue weighted by atomic mass is 10.0. The van der Waals surface area contributed by atoms with Crippen LogP contribution in [0.25, 0.3) is 11.1 Å². The van der Waals surface area contributed by atoms with Gasteiger partial charge in [-0.3, -0.25) is 4.79 Å². The van der Waals surface area contributed by atoms with Gasteiger partial charge in [-0.1, -0.05) is 43.3 Å². The molecule has 0 amide bonds. The number of carbonyl (C=O) groups excluding carboxylic acids is 1. The minimum absolute atomic E-state index is 0.0303. The molecular weight excluding hydrogens is 352 g/mol. The van der Waals surface area contributed by atoms with Gasteiger partial charge in [0.05, 0.1) is 5.56 Å². The second-order valence-corrected chi connectivity index (χ2v) is 6.42. The van der Waals surface area contributed by atoms with Gasteiger partial charge < -0.3 is 5.11 Å². The molecule has 1 N–H and O–H groups in total.